The lowest BCUT2D eigenvalue weighted by Gasteiger charge is -2.50. The number of hydroxylamine groups is 2. The molecule has 0 aliphatic carbocycles. The minimum absolute atomic E-state index is 0.0275. The Morgan fingerprint density at radius 1 is 1.04 bits per heavy atom. The van der Waals surface area contributed by atoms with Gasteiger partial charge in [0.1, 0.15) is 18.3 Å². The molecule has 1 N–H and O–H groups in total. The Morgan fingerprint density at radius 2 is 1.60 bits per heavy atom. The molecule has 0 saturated carbocycles. The Balaban J connectivity index is 1.53. The first kappa shape index (κ1) is 17.6. The van der Waals surface area contributed by atoms with Crippen molar-refractivity contribution in [3.05, 3.63) is 0 Å². The second-order valence-electron chi connectivity index (χ2n) is 6.45. The molecule has 0 bridgehead atoms. The molecule has 0 aromatic carbocycles. The monoisotopic (exact) mass is 359 g/mol. The summed E-state index contributed by atoms with van der Waals surface area (Å²) < 4.78 is 27.9. The average molecular weight is 359 g/mol. The van der Waals surface area contributed by atoms with Crippen LogP contribution in [0.2, 0.25) is 0 Å². The molecule has 10 heteroatoms. The van der Waals surface area contributed by atoms with E-state index < -0.39 is 6.03 Å². The van der Waals surface area contributed by atoms with Gasteiger partial charge in [0.15, 0.2) is 0 Å². The highest BCUT2D eigenvalue weighted by Gasteiger charge is 2.53. The molecule has 0 radical (unpaired) electrons. The van der Waals surface area contributed by atoms with E-state index >= 15 is 0 Å². The van der Waals surface area contributed by atoms with E-state index in [9.17, 15) is 4.79 Å². The molecular weight excluding hydrogens is 334 g/mol. The van der Waals surface area contributed by atoms with Crippen molar-refractivity contribution in [3.63, 3.8) is 0 Å². The van der Waals surface area contributed by atoms with Gasteiger partial charge >= 0.3 is 6.03 Å². The quantitative estimate of drug-likeness (QED) is 0.381. The van der Waals surface area contributed by atoms with Gasteiger partial charge in [-0.05, 0) is 0 Å². The van der Waals surface area contributed by atoms with Crippen molar-refractivity contribution in [1.82, 2.24) is 15.3 Å². The van der Waals surface area contributed by atoms with Crippen molar-refractivity contribution in [2.24, 2.45) is 0 Å². The van der Waals surface area contributed by atoms with Crippen LogP contribution in [-0.2, 0) is 33.3 Å². The van der Waals surface area contributed by atoms with Crippen LogP contribution in [0.3, 0.4) is 0 Å². The molecule has 0 aromatic rings. The molecule has 0 spiro atoms. The van der Waals surface area contributed by atoms with Crippen molar-refractivity contribution in [2.45, 2.75) is 37.7 Å². The molecule has 1 amide bonds. The number of rotatable bonds is 10. The average Bonchev–Trinajstić information content (AvgIpc) is 3.50. The SMILES string of the molecule is CCC(=O)N1CNCN(OCC2CO2)C1(OCC1CO1)OCC1CO1. The third-order valence-corrected chi connectivity index (χ3v) is 4.32. The fraction of sp³-hybridized carbons (Fsp3) is 0.933. The van der Waals surface area contributed by atoms with E-state index in [4.69, 9.17) is 28.5 Å². The van der Waals surface area contributed by atoms with Gasteiger partial charge in [-0.15, -0.1) is 0 Å². The lowest BCUT2D eigenvalue weighted by atomic mass is 10.3. The number of amides is 1. The van der Waals surface area contributed by atoms with Gasteiger partial charge in [-0.25, -0.2) is 0 Å². The second-order valence-corrected chi connectivity index (χ2v) is 6.45. The third-order valence-electron chi connectivity index (χ3n) is 4.32. The molecule has 3 unspecified atom stereocenters. The van der Waals surface area contributed by atoms with Gasteiger partial charge in [0.05, 0.1) is 53.0 Å². The van der Waals surface area contributed by atoms with Crippen LogP contribution in [0.5, 0.6) is 0 Å². The number of hydrogen-bond acceptors (Lipinski definition) is 9. The summed E-state index contributed by atoms with van der Waals surface area (Å²) in [6.07, 6.45) is 0.461. The zero-order valence-electron chi connectivity index (χ0n) is 14.3. The summed E-state index contributed by atoms with van der Waals surface area (Å²) in [5.41, 5.74) is 0. The minimum Gasteiger partial charge on any atom is -0.371 e. The van der Waals surface area contributed by atoms with Gasteiger partial charge in [0.25, 0.3) is 0 Å². The largest absolute Gasteiger partial charge is 0.371 e. The van der Waals surface area contributed by atoms with Gasteiger partial charge in [0, 0.05) is 6.42 Å². The standard InChI is InChI=1S/C15H25N3O7/c1-2-14(19)17-9-16-10-18(25-8-13-5-22-13)15(17,23-6-11-3-20-11)24-7-12-4-21-12/h11-13,16H,2-10H2,1H3. The predicted octanol–water partition coefficient (Wildman–Crippen LogP) is -1.18. The van der Waals surface area contributed by atoms with Crippen molar-refractivity contribution in [3.8, 4) is 0 Å². The van der Waals surface area contributed by atoms with Gasteiger partial charge in [-0.2, -0.15) is 0 Å². The zero-order valence-corrected chi connectivity index (χ0v) is 14.3. The van der Waals surface area contributed by atoms with Crippen molar-refractivity contribution < 1.29 is 33.3 Å². The topological polar surface area (TPSA) is 101 Å². The van der Waals surface area contributed by atoms with Crippen LogP contribution in [-0.4, -0.2) is 93.2 Å². The highest BCUT2D eigenvalue weighted by atomic mass is 16.8. The molecule has 4 rings (SSSR count). The smallest absolute Gasteiger partial charge is 0.347 e. The first-order chi connectivity index (χ1) is 12.2. The van der Waals surface area contributed by atoms with Gasteiger partial charge < -0.3 is 23.7 Å². The third kappa shape index (κ3) is 4.29. The number of hydrogen-bond donors (Lipinski definition) is 1. The first-order valence-electron chi connectivity index (χ1n) is 8.75. The number of ether oxygens (including phenoxy) is 5. The summed E-state index contributed by atoms with van der Waals surface area (Å²) in [5.74, 6) is -0.100. The minimum atomic E-state index is -1.44. The summed E-state index contributed by atoms with van der Waals surface area (Å²) in [5, 5.41) is 4.69. The van der Waals surface area contributed by atoms with Gasteiger partial charge in [0.2, 0.25) is 5.91 Å². The van der Waals surface area contributed by atoms with Gasteiger partial charge in [-0.3, -0.25) is 19.8 Å². The summed E-state index contributed by atoms with van der Waals surface area (Å²) >= 11 is 0. The van der Waals surface area contributed by atoms with Gasteiger partial charge in [-0.1, -0.05) is 12.0 Å². The van der Waals surface area contributed by atoms with Crippen LogP contribution in [0.15, 0.2) is 0 Å². The lowest BCUT2D eigenvalue weighted by molar-refractivity contribution is -0.468. The molecule has 4 aliphatic rings. The van der Waals surface area contributed by atoms with Crippen molar-refractivity contribution in [1.29, 1.82) is 0 Å². The van der Waals surface area contributed by atoms with E-state index in [2.05, 4.69) is 5.32 Å². The Morgan fingerprint density at radius 3 is 2.12 bits per heavy atom. The molecule has 142 valence electrons. The summed E-state index contributed by atoms with van der Waals surface area (Å²) in [6, 6.07) is -1.44. The van der Waals surface area contributed by atoms with E-state index in [1.54, 1.807) is 6.92 Å². The number of epoxide rings is 3. The molecule has 25 heavy (non-hydrogen) atoms. The zero-order chi connectivity index (χ0) is 17.3. The number of carbonyl (C=O) groups is 1. The summed E-state index contributed by atoms with van der Waals surface area (Å²) in [7, 11) is 0. The maximum atomic E-state index is 12.6. The Hall–Kier alpha value is -0.850. The molecule has 3 atom stereocenters. The summed E-state index contributed by atoms with van der Waals surface area (Å²) in [4.78, 5) is 20.0. The predicted molar refractivity (Wildman–Crippen MR) is 81.7 cm³/mol. The van der Waals surface area contributed by atoms with Crippen molar-refractivity contribution >= 4 is 5.91 Å². The molecule has 4 fully saturated rings. The van der Waals surface area contributed by atoms with Crippen LogP contribution >= 0.6 is 0 Å². The highest BCUT2D eigenvalue weighted by molar-refractivity contribution is 5.76. The van der Waals surface area contributed by atoms with E-state index in [1.807, 2.05) is 0 Å². The van der Waals surface area contributed by atoms with Crippen LogP contribution in [0, 0.1) is 0 Å². The van der Waals surface area contributed by atoms with Crippen LogP contribution < -0.4 is 5.32 Å². The number of carbonyl (C=O) groups excluding carboxylic acids is 1. The van der Waals surface area contributed by atoms with E-state index in [-0.39, 0.29) is 24.2 Å². The van der Waals surface area contributed by atoms with Crippen LogP contribution in [0.25, 0.3) is 0 Å². The van der Waals surface area contributed by atoms with Crippen molar-refractivity contribution in [2.75, 3.05) is 53.0 Å². The maximum absolute atomic E-state index is 12.6. The van der Waals surface area contributed by atoms with E-state index in [0.717, 1.165) is 0 Å². The molecule has 4 saturated heterocycles. The summed E-state index contributed by atoms with van der Waals surface area (Å²) in [6.45, 7) is 5.47. The first-order valence-corrected chi connectivity index (χ1v) is 8.75. The number of nitrogens with one attached hydrogen (secondary N) is 1. The molecule has 0 aromatic heterocycles. The maximum Gasteiger partial charge on any atom is 0.347 e. The lowest BCUT2D eigenvalue weighted by Crippen LogP contribution is -2.72. The van der Waals surface area contributed by atoms with Crippen LogP contribution in [0.4, 0.5) is 0 Å². The molecule has 4 heterocycles. The fourth-order valence-corrected chi connectivity index (χ4v) is 2.57. The normalized spacial score (nSPS) is 37.2. The number of nitrogens with zero attached hydrogens (tertiary/aromatic N) is 2. The molecular formula is C15H25N3O7. The van der Waals surface area contributed by atoms with E-state index in [1.165, 1.54) is 9.96 Å². The van der Waals surface area contributed by atoms with E-state index in [0.29, 0.717) is 59.4 Å². The fourth-order valence-electron chi connectivity index (χ4n) is 2.57. The second kappa shape index (κ2) is 7.41. The Bertz CT molecular complexity index is 466. The van der Waals surface area contributed by atoms with Crippen LogP contribution in [0.1, 0.15) is 13.3 Å². The Kier molecular flexibility index (Phi) is 5.20. The molecule has 10 nitrogen and oxygen atoms in total. The highest BCUT2D eigenvalue weighted by Crippen LogP contribution is 2.31. The Labute approximate surface area is 146 Å². The molecule has 4 aliphatic heterocycles.